The smallest absolute Gasteiger partial charge is 0.350 e. The van der Waals surface area contributed by atoms with Gasteiger partial charge in [-0.3, -0.25) is 0 Å². The van der Waals surface area contributed by atoms with E-state index in [1.165, 1.54) is 0 Å². The van der Waals surface area contributed by atoms with E-state index in [0.717, 1.165) is 0 Å². The van der Waals surface area contributed by atoms with Crippen LogP contribution in [0.3, 0.4) is 0 Å². The predicted octanol–water partition coefficient (Wildman–Crippen LogP) is -0.392. The summed E-state index contributed by atoms with van der Waals surface area (Å²) in [4.78, 5) is 43.3. The van der Waals surface area contributed by atoms with Crippen molar-refractivity contribution in [1.82, 2.24) is 0 Å². The first-order valence-electron chi connectivity index (χ1n) is 4.75. The third-order valence-electron chi connectivity index (χ3n) is 2.57. The molecule has 8 nitrogen and oxygen atoms in total. The zero-order valence-corrected chi connectivity index (χ0v) is 9.33. The van der Waals surface area contributed by atoms with Crippen LogP contribution in [0.25, 0.3) is 0 Å². The van der Waals surface area contributed by atoms with Gasteiger partial charge in [-0.2, -0.15) is 0 Å². The van der Waals surface area contributed by atoms with Crippen LogP contribution >= 0.6 is 0 Å². The SMILES string of the molecule is O=C(O)C1=C(C(=O)O)C(F)(C(=O)O)C=CC1(F)C(=O)O. The lowest BCUT2D eigenvalue weighted by molar-refractivity contribution is -0.152. The van der Waals surface area contributed by atoms with Crippen molar-refractivity contribution in [2.24, 2.45) is 0 Å². The van der Waals surface area contributed by atoms with E-state index in [1.54, 1.807) is 0 Å². The summed E-state index contributed by atoms with van der Waals surface area (Å²) in [7, 11) is 0. The lowest BCUT2D eigenvalue weighted by Gasteiger charge is -2.29. The average Bonchev–Trinajstić information content (AvgIpc) is 2.30. The summed E-state index contributed by atoms with van der Waals surface area (Å²) in [6, 6.07) is 0. The summed E-state index contributed by atoms with van der Waals surface area (Å²) in [6.07, 6.45) is -0.307. The average molecular weight is 292 g/mol. The Morgan fingerprint density at radius 2 is 1.00 bits per heavy atom. The minimum absolute atomic E-state index is 0.153. The number of hydrogen-bond acceptors (Lipinski definition) is 4. The fourth-order valence-corrected chi connectivity index (χ4v) is 1.64. The maximum absolute atomic E-state index is 14.1. The Morgan fingerprint density at radius 1 is 0.750 bits per heavy atom. The number of rotatable bonds is 4. The number of carboxylic acid groups (broad SMARTS) is 4. The highest BCUT2D eigenvalue weighted by Crippen LogP contribution is 2.40. The van der Waals surface area contributed by atoms with Gasteiger partial charge in [0, 0.05) is 0 Å². The highest BCUT2D eigenvalue weighted by Gasteiger charge is 2.58. The van der Waals surface area contributed by atoms with Gasteiger partial charge >= 0.3 is 23.9 Å². The maximum Gasteiger partial charge on any atom is 0.350 e. The molecule has 0 aromatic heterocycles. The first-order chi connectivity index (χ1) is 8.98. The lowest BCUT2D eigenvalue weighted by Crippen LogP contribution is -2.49. The van der Waals surface area contributed by atoms with Crippen molar-refractivity contribution in [3.63, 3.8) is 0 Å². The Labute approximate surface area is 108 Å². The largest absolute Gasteiger partial charge is 0.478 e. The molecule has 0 amide bonds. The van der Waals surface area contributed by atoms with Crippen LogP contribution in [0.15, 0.2) is 23.3 Å². The molecule has 0 fully saturated rings. The van der Waals surface area contributed by atoms with E-state index in [9.17, 15) is 28.0 Å². The van der Waals surface area contributed by atoms with Crippen LogP contribution in [0.1, 0.15) is 0 Å². The number of hydrogen-bond donors (Lipinski definition) is 4. The summed E-state index contributed by atoms with van der Waals surface area (Å²) in [5.41, 5.74) is -11.7. The third kappa shape index (κ3) is 1.90. The molecule has 1 aliphatic carbocycles. The molecule has 0 radical (unpaired) electrons. The van der Waals surface area contributed by atoms with E-state index >= 15 is 0 Å². The Bertz CT molecular complexity index is 542. The molecule has 2 atom stereocenters. The lowest BCUT2D eigenvalue weighted by atomic mass is 9.78. The minimum atomic E-state index is -3.86. The molecule has 108 valence electrons. The number of carboxylic acids is 4. The van der Waals surface area contributed by atoms with Crippen molar-refractivity contribution in [2.45, 2.75) is 11.3 Å². The van der Waals surface area contributed by atoms with Crippen molar-refractivity contribution in [3.8, 4) is 0 Å². The van der Waals surface area contributed by atoms with Crippen LogP contribution in [0.4, 0.5) is 8.78 Å². The molecule has 0 spiro atoms. The van der Waals surface area contributed by atoms with E-state index in [2.05, 4.69) is 0 Å². The first kappa shape index (κ1) is 15.3. The molecule has 0 saturated carbocycles. The van der Waals surface area contributed by atoms with Gasteiger partial charge in [0.05, 0.1) is 0 Å². The molecular formula is C10H6F2O8. The Kier molecular flexibility index (Phi) is 3.36. The van der Waals surface area contributed by atoms with Gasteiger partial charge < -0.3 is 20.4 Å². The van der Waals surface area contributed by atoms with Gasteiger partial charge in [-0.1, -0.05) is 0 Å². The summed E-state index contributed by atoms with van der Waals surface area (Å²) >= 11 is 0. The van der Waals surface area contributed by atoms with Gasteiger partial charge in [0.2, 0.25) is 0 Å². The molecule has 10 heteroatoms. The van der Waals surface area contributed by atoms with Gasteiger partial charge in [0.15, 0.2) is 0 Å². The fraction of sp³-hybridized carbons (Fsp3) is 0.200. The summed E-state index contributed by atoms with van der Waals surface area (Å²) in [5, 5.41) is 34.8. The second-order valence-electron chi connectivity index (χ2n) is 3.73. The van der Waals surface area contributed by atoms with E-state index in [-0.39, 0.29) is 12.2 Å². The minimum Gasteiger partial charge on any atom is -0.478 e. The van der Waals surface area contributed by atoms with Crippen LogP contribution in [-0.4, -0.2) is 55.6 Å². The van der Waals surface area contributed by atoms with Gasteiger partial charge in [-0.05, 0) is 12.2 Å². The standard InChI is InChI=1S/C10H6F2O8/c11-9(7(17)18)1-2-10(12,8(19)20)4(6(15)16)3(9)5(13)14/h1-2H,(H,13,14)(H,15,16)(H,17,18)(H,19,20). The number of aliphatic carboxylic acids is 4. The summed E-state index contributed by atoms with van der Waals surface area (Å²) < 4.78 is 28.2. The molecule has 1 aliphatic rings. The zero-order chi connectivity index (χ0) is 15.9. The van der Waals surface area contributed by atoms with Crippen molar-refractivity contribution in [1.29, 1.82) is 0 Å². The molecule has 20 heavy (non-hydrogen) atoms. The molecule has 2 unspecified atom stereocenters. The van der Waals surface area contributed by atoms with Crippen molar-refractivity contribution in [2.75, 3.05) is 0 Å². The number of alkyl halides is 2. The number of halogens is 2. The Balaban J connectivity index is 3.84. The van der Waals surface area contributed by atoms with E-state index in [0.29, 0.717) is 0 Å². The predicted molar refractivity (Wildman–Crippen MR) is 54.4 cm³/mol. The van der Waals surface area contributed by atoms with E-state index < -0.39 is 46.4 Å². The van der Waals surface area contributed by atoms with Gasteiger partial charge in [-0.25, -0.2) is 28.0 Å². The third-order valence-corrected chi connectivity index (χ3v) is 2.57. The zero-order valence-electron chi connectivity index (χ0n) is 9.33. The van der Waals surface area contributed by atoms with Crippen LogP contribution in [0.2, 0.25) is 0 Å². The summed E-state index contributed by atoms with van der Waals surface area (Å²) in [5.74, 6) is -9.64. The quantitative estimate of drug-likeness (QED) is 0.511. The van der Waals surface area contributed by atoms with Gasteiger partial charge in [0.25, 0.3) is 11.3 Å². The van der Waals surface area contributed by atoms with Crippen LogP contribution in [0.5, 0.6) is 0 Å². The Morgan fingerprint density at radius 3 is 1.15 bits per heavy atom. The molecule has 1 rings (SSSR count). The molecule has 4 N–H and O–H groups in total. The molecule has 0 saturated heterocycles. The molecule has 0 aliphatic heterocycles. The Hall–Kier alpha value is -2.78. The van der Waals surface area contributed by atoms with Crippen molar-refractivity contribution < 1.29 is 48.4 Å². The van der Waals surface area contributed by atoms with Gasteiger partial charge in [-0.15, -0.1) is 0 Å². The normalized spacial score (nSPS) is 29.1. The second kappa shape index (κ2) is 4.40. The summed E-state index contributed by atoms with van der Waals surface area (Å²) in [6.45, 7) is 0. The number of carbonyl (C=O) groups is 4. The fourth-order valence-electron chi connectivity index (χ4n) is 1.64. The molecular weight excluding hydrogens is 286 g/mol. The highest BCUT2D eigenvalue weighted by molar-refractivity contribution is 6.12. The van der Waals surface area contributed by atoms with Crippen LogP contribution in [-0.2, 0) is 19.2 Å². The molecule has 0 aromatic rings. The van der Waals surface area contributed by atoms with E-state index in [1.807, 2.05) is 0 Å². The van der Waals surface area contributed by atoms with E-state index in [4.69, 9.17) is 20.4 Å². The van der Waals surface area contributed by atoms with Crippen molar-refractivity contribution in [3.05, 3.63) is 23.3 Å². The maximum atomic E-state index is 14.1. The van der Waals surface area contributed by atoms with Crippen LogP contribution in [0, 0.1) is 0 Å². The van der Waals surface area contributed by atoms with Gasteiger partial charge in [0.1, 0.15) is 11.1 Å². The highest BCUT2D eigenvalue weighted by atomic mass is 19.1. The topological polar surface area (TPSA) is 149 Å². The monoisotopic (exact) mass is 292 g/mol. The van der Waals surface area contributed by atoms with Crippen LogP contribution < -0.4 is 0 Å². The molecule has 0 heterocycles. The molecule has 0 bridgehead atoms. The molecule has 0 aromatic carbocycles. The first-order valence-corrected chi connectivity index (χ1v) is 4.75. The second-order valence-corrected chi connectivity index (χ2v) is 3.73. The van der Waals surface area contributed by atoms with Crippen molar-refractivity contribution >= 4 is 23.9 Å².